The van der Waals surface area contributed by atoms with Crippen LogP contribution in [0.15, 0.2) is 48.8 Å². The first kappa shape index (κ1) is 36.9. The maximum Gasteiger partial charge on any atom is 0.387 e. The SMILES string of the molecule is COc1ccc(C(=O)OC(Cc2c(Cl)c[n+](O)cc2Cl)c2ccc(OC(F)F)c(OCC3CC3)c2)cc1NC(=O)CN(CCO)CCO. The number of rotatable bonds is 18. The minimum absolute atomic E-state index is 0.0278. The normalized spacial score (nSPS) is 13.4. The molecule has 0 spiro atoms. The Hall–Kier alpha value is -3.95. The molecule has 4 rings (SSSR count). The molecule has 12 nitrogen and oxygen atoms in total. The van der Waals surface area contributed by atoms with Crippen molar-refractivity contribution in [1.82, 2.24) is 4.90 Å². The number of halogens is 4. The maximum atomic E-state index is 13.6. The van der Waals surface area contributed by atoms with Gasteiger partial charge in [-0.2, -0.15) is 8.78 Å². The standard InChI is InChI=1S/C32H35Cl2F2N3O9/c1-45-26-6-5-21(12-25(26)37-30(42)17-38(8-10-40)9-11-41)31(43)47-28(14-22-23(33)15-39(44)16-24(22)34)20-4-7-27(48-32(35)36)29(13-20)46-18-19-2-3-19/h4-7,12-13,15-16,19,28,32,40-41H,2-3,8-11,14,17-18H2,1H3,(H-,37,42,44)/p+1. The Kier molecular flexibility index (Phi) is 13.4. The summed E-state index contributed by atoms with van der Waals surface area (Å²) in [5.74, 6) is -0.925. The van der Waals surface area contributed by atoms with Crippen LogP contribution < -0.4 is 24.3 Å². The fourth-order valence-electron chi connectivity index (χ4n) is 4.75. The predicted molar refractivity (Wildman–Crippen MR) is 169 cm³/mol. The third kappa shape index (κ3) is 10.5. The van der Waals surface area contributed by atoms with Crippen molar-refractivity contribution in [2.75, 3.05) is 51.9 Å². The number of carbonyl (C=O) groups is 2. The van der Waals surface area contributed by atoms with E-state index in [2.05, 4.69) is 10.1 Å². The van der Waals surface area contributed by atoms with E-state index in [0.29, 0.717) is 28.4 Å². The summed E-state index contributed by atoms with van der Waals surface area (Å²) < 4.78 is 48.8. The fraction of sp³-hybridized carbons (Fsp3) is 0.406. The van der Waals surface area contributed by atoms with Gasteiger partial charge in [-0.25, -0.2) is 4.79 Å². The molecule has 3 aromatic rings. The minimum Gasteiger partial charge on any atom is -0.495 e. The number of nitrogens with one attached hydrogen (secondary N) is 1. The minimum atomic E-state index is -3.10. The number of alkyl halides is 2. The van der Waals surface area contributed by atoms with E-state index in [9.17, 15) is 33.8 Å². The second kappa shape index (κ2) is 17.4. The number of aliphatic hydroxyl groups is 2. The number of amides is 1. The second-order valence-electron chi connectivity index (χ2n) is 10.9. The van der Waals surface area contributed by atoms with E-state index in [0.717, 1.165) is 12.8 Å². The van der Waals surface area contributed by atoms with Gasteiger partial charge in [0.2, 0.25) is 18.3 Å². The molecule has 0 aliphatic heterocycles. The van der Waals surface area contributed by atoms with Gasteiger partial charge in [0.05, 0.1) is 44.7 Å². The van der Waals surface area contributed by atoms with E-state index >= 15 is 0 Å². The summed E-state index contributed by atoms with van der Waals surface area (Å²) in [6.07, 6.45) is 3.12. The lowest BCUT2D eigenvalue weighted by Crippen LogP contribution is -2.37. The fourth-order valence-corrected chi connectivity index (χ4v) is 5.35. The van der Waals surface area contributed by atoms with Gasteiger partial charge in [-0.1, -0.05) is 29.3 Å². The first-order chi connectivity index (χ1) is 23.0. The molecule has 2 aromatic carbocycles. The Bertz CT molecular complexity index is 1550. The molecule has 1 saturated carbocycles. The van der Waals surface area contributed by atoms with Crippen molar-refractivity contribution < 1.29 is 57.5 Å². The van der Waals surface area contributed by atoms with Crippen molar-refractivity contribution in [3.05, 3.63) is 75.5 Å². The summed E-state index contributed by atoms with van der Waals surface area (Å²) in [5, 5.41) is 31.2. The number of benzene rings is 2. The number of methoxy groups -OCH3 is 1. The Morgan fingerprint density at radius 3 is 2.29 bits per heavy atom. The topological polar surface area (TPSA) is 151 Å². The monoisotopic (exact) mass is 714 g/mol. The zero-order valence-electron chi connectivity index (χ0n) is 25.9. The average molecular weight is 716 g/mol. The van der Waals surface area contributed by atoms with E-state index in [-0.39, 0.29) is 77.8 Å². The van der Waals surface area contributed by atoms with Crippen LogP contribution in [0.5, 0.6) is 17.2 Å². The van der Waals surface area contributed by atoms with Crippen LogP contribution in [0.2, 0.25) is 10.0 Å². The Morgan fingerprint density at radius 1 is 1.02 bits per heavy atom. The van der Waals surface area contributed by atoms with Crippen LogP contribution in [-0.4, -0.2) is 85.4 Å². The number of carbonyl (C=O) groups excluding carboxylic acids is 2. The summed E-state index contributed by atoms with van der Waals surface area (Å²) in [6, 6.07) is 8.43. The van der Waals surface area contributed by atoms with Gasteiger partial charge in [-0.3, -0.25) is 14.9 Å². The zero-order valence-corrected chi connectivity index (χ0v) is 27.4. The molecule has 16 heteroatoms. The van der Waals surface area contributed by atoms with Crippen molar-refractivity contribution >= 4 is 40.8 Å². The van der Waals surface area contributed by atoms with E-state index in [1.165, 1.54) is 55.9 Å². The van der Waals surface area contributed by atoms with Gasteiger partial charge in [0.15, 0.2) is 11.5 Å². The highest BCUT2D eigenvalue weighted by molar-refractivity contribution is 6.35. The van der Waals surface area contributed by atoms with Crippen LogP contribution in [0.25, 0.3) is 0 Å². The van der Waals surface area contributed by atoms with Gasteiger partial charge in [-0.05, 0) is 54.7 Å². The smallest absolute Gasteiger partial charge is 0.387 e. The van der Waals surface area contributed by atoms with Crippen LogP contribution in [0, 0.1) is 5.92 Å². The number of esters is 1. The lowest BCUT2D eigenvalue weighted by Gasteiger charge is -2.22. The highest BCUT2D eigenvalue weighted by atomic mass is 35.5. The van der Waals surface area contributed by atoms with E-state index in [4.69, 9.17) is 37.4 Å². The number of nitrogens with zero attached hydrogens (tertiary/aromatic N) is 2. The van der Waals surface area contributed by atoms with Crippen LogP contribution >= 0.6 is 23.2 Å². The summed E-state index contributed by atoms with van der Waals surface area (Å²) in [6.45, 7) is -3.06. The number of hydrogen-bond donors (Lipinski definition) is 4. The molecular formula is C32H36Cl2F2N3O9+. The van der Waals surface area contributed by atoms with Crippen LogP contribution in [0.3, 0.4) is 0 Å². The Labute approximate surface area is 285 Å². The average Bonchev–Trinajstić information content (AvgIpc) is 3.86. The molecule has 1 unspecified atom stereocenters. The Balaban J connectivity index is 1.65. The first-order valence-electron chi connectivity index (χ1n) is 14.9. The molecule has 48 heavy (non-hydrogen) atoms. The predicted octanol–water partition coefficient (Wildman–Crippen LogP) is 4.28. The highest BCUT2D eigenvalue weighted by Crippen LogP contribution is 2.38. The van der Waals surface area contributed by atoms with Gasteiger partial charge in [-0.15, -0.1) is 0 Å². The van der Waals surface area contributed by atoms with Gasteiger partial charge in [0.25, 0.3) is 0 Å². The first-order valence-corrected chi connectivity index (χ1v) is 15.7. The number of hydrogen-bond acceptors (Lipinski definition) is 10. The molecule has 1 fully saturated rings. The molecule has 1 amide bonds. The molecule has 1 aliphatic carbocycles. The molecule has 0 bridgehead atoms. The molecule has 0 radical (unpaired) electrons. The molecule has 1 aromatic heterocycles. The highest BCUT2D eigenvalue weighted by Gasteiger charge is 2.27. The number of pyridine rings is 1. The van der Waals surface area contributed by atoms with Gasteiger partial charge < -0.3 is 34.5 Å². The van der Waals surface area contributed by atoms with Crippen LogP contribution in [0.4, 0.5) is 14.5 Å². The Morgan fingerprint density at radius 2 is 1.69 bits per heavy atom. The quantitative estimate of drug-likeness (QED) is 0.0854. The van der Waals surface area contributed by atoms with Gasteiger partial charge in [0.1, 0.15) is 21.9 Å². The van der Waals surface area contributed by atoms with Crippen molar-refractivity contribution in [3.8, 4) is 17.2 Å². The number of anilines is 1. The largest absolute Gasteiger partial charge is 0.495 e. The molecule has 1 atom stereocenters. The molecule has 4 N–H and O–H groups in total. The number of ether oxygens (including phenoxy) is 4. The summed E-state index contributed by atoms with van der Waals surface area (Å²) in [7, 11) is 1.39. The van der Waals surface area contributed by atoms with Crippen molar-refractivity contribution in [2.45, 2.75) is 32.0 Å². The second-order valence-corrected chi connectivity index (χ2v) is 11.8. The summed E-state index contributed by atoms with van der Waals surface area (Å²) >= 11 is 12.8. The lowest BCUT2D eigenvalue weighted by molar-refractivity contribution is -0.904. The van der Waals surface area contributed by atoms with Crippen LogP contribution in [0.1, 0.15) is 40.4 Å². The van der Waals surface area contributed by atoms with Crippen molar-refractivity contribution in [3.63, 3.8) is 0 Å². The summed E-state index contributed by atoms with van der Waals surface area (Å²) in [5.41, 5.74) is 0.860. The maximum absolute atomic E-state index is 13.6. The lowest BCUT2D eigenvalue weighted by atomic mass is 10.0. The molecule has 1 aliphatic rings. The van der Waals surface area contributed by atoms with Gasteiger partial charge in [0, 0.05) is 29.8 Å². The van der Waals surface area contributed by atoms with Crippen molar-refractivity contribution in [1.29, 1.82) is 0 Å². The molecule has 1 heterocycles. The third-order valence-corrected chi connectivity index (χ3v) is 7.99. The number of aromatic nitrogens is 1. The molecule has 0 saturated heterocycles. The van der Waals surface area contributed by atoms with Crippen LogP contribution in [-0.2, 0) is 16.0 Å². The van der Waals surface area contributed by atoms with Gasteiger partial charge >= 0.3 is 12.6 Å². The molecular weight excluding hydrogens is 679 g/mol. The summed E-state index contributed by atoms with van der Waals surface area (Å²) in [4.78, 5) is 28.0. The number of aliphatic hydroxyl groups excluding tert-OH is 2. The third-order valence-electron chi connectivity index (χ3n) is 7.34. The van der Waals surface area contributed by atoms with Crippen molar-refractivity contribution in [2.24, 2.45) is 5.92 Å². The van der Waals surface area contributed by atoms with E-state index < -0.39 is 24.6 Å². The zero-order chi connectivity index (χ0) is 34.8. The van der Waals surface area contributed by atoms with E-state index in [1.54, 1.807) is 4.90 Å². The van der Waals surface area contributed by atoms with E-state index in [1.807, 2.05) is 0 Å². The molecule has 260 valence electrons.